The van der Waals surface area contributed by atoms with Crippen LogP contribution in [-0.2, 0) is 0 Å². The number of rotatable bonds is 3. The minimum atomic E-state index is -0.167. The Morgan fingerprint density at radius 2 is 2.12 bits per heavy atom. The van der Waals surface area contributed by atoms with Crippen LogP contribution in [0.1, 0.15) is 16.1 Å². The quantitative estimate of drug-likeness (QED) is 0.730. The highest BCUT2D eigenvalue weighted by molar-refractivity contribution is 6.09. The second-order valence-electron chi connectivity index (χ2n) is 3.12. The maximum atomic E-state index is 12.1. The summed E-state index contributed by atoms with van der Waals surface area (Å²) in [6.45, 7) is 0. The van der Waals surface area contributed by atoms with E-state index in [0.717, 1.165) is 0 Å². The molecule has 0 spiro atoms. The van der Waals surface area contributed by atoms with Crippen molar-refractivity contribution < 1.29 is 9.53 Å². The van der Waals surface area contributed by atoms with E-state index in [2.05, 4.69) is 9.97 Å². The van der Waals surface area contributed by atoms with Crippen LogP contribution in [0.15, 0.2) is 42.9 Å². The molecule has 4 heteroatoms. The van der Waals surface area contributed by atoms with Gasteiger partial charge in [0.15, 0.2) is 0 Å². The lowest BCUT2D eigenvalue weighted by Crippen LogP contribution is -2.05. The predicted molar refractivity (Wildman–Crippen MR) is 58.5 cm³/mol. The number of hydrogen-bond donors (Lipinski definition) is 0. The van der Waals surface area contributed by atoms with E-state index in [0.29, 0.717) is 17.0 Å². The Kier molecular flexibility index (Phi) is 2.91. The summed E-state index contributed by atoms with van der Waals surface area (Å²) in [6, 6.07) is 6.83. The third-order valence-corrected chi connectivity index (χ3v) is 2.15. The van der Waals surface area contributed by atoms with E-state index >= 15 is 0 Å². The first-order valence-electron chi connectivity index (χ1n) is 4.76. The van der Waals surface area contributed by atoms with Gasteiger partial charge in [-0.2, -0.15) is 0 Å². The summed E-state index contributed by atoms with van der Waals surface area (Å²) in [6.07, 6.45) is 4.65. The topological polar surface area (TPSA) is 52.1 Å². The SMILES string of the molecule is COc1cnccc1C(=O)c1ccccn1. The van der Waals surface area contributed by atoms with Gasteiger partial charge in [-0.3, -0.25) is 14.8 Å². The molecule has 16 heavy (non-hydrogen) atoms. The molecule has 0 aliphatic heterocycles. The van der Waals surface area contributed by atoms with Gasteiger partial charge in [0.1, 0.15) is 11.4 Å². The molecule has 0 N–H and O–H groups in total. The number of methoxy groups -OCH3 is 1. The van der Waals surface area contributed by atoms with Crippen LogP contribution in [-0.4, -0.2) is 22.9 Å². The Morgan fingerprint density at radius 1 is 1.25 bits per heavy atom. The number of carbonyl (C=O) groups is 1. The molecule has 2 heterocycles. The first-order chi connectivity index (χ1) is 7.83. The summed E-state index contributed by atoms with van der Waals surface area (Å²) in [5.74, 6) is 0.290. The molecule has 2 rings (SSSR count). The Morgan fingerprint density at radius 3 is 2.81 bits per heavy atom. The summed E-state index contributed by atoms with van der Waals surface area (Å²) in [5.41, 5.74) is 0.864. The van der Waals surface area contributed by atoms with Gasteiger partial charge >= 0.3 is 0 Å². The van der Waals surface area contributed by atoms with E-state index in [1.54, 1.807) is 36.7 Å². The Balaban J connectivity index is 2.42. The van der Waals surface area contributed by atoms with Gasteiger partial charge in [-0.25, -0.2) is 0 Å². The van der Waals surface area contributed by atoms with Gasteiger partial charge in [0.25, 0.3) is 0 Å². The molecular formula is C12H10N2O2. The van der Waals surface area contributed by atoms with Gasteiger partial charge in [0.05, 0.1) is 18.9 Å². The summed E-state index contributed by atoms with van der Waals surface area (Å²) in [4.78, 5) is 20.0. The van der Waals surface area contributed by atoms with Crippen molar-refractivity contribution in [2.45, 2.75) is 0 Å². The van der Waals surface area contributed by atoms with Crippen molar-refractivity contribution in [3.05, 3.63) is 54.1 Å². The number of ketones is 1. The zero-order valence-electron chi connectivity index (χ0n) is 8.75. The zero-order chi connectivity index (χ0) is 11.4. The lowest BCUT2D eigenvalue weighted by molar-refractivity contribution is 0.103. The fourth-order valence-electron chi connectivity index (χ4n) is 1.37. The van der Waals surface area contributed by atoms with Crippen molar-refractivity contribution >= 4 is 5.78 Å². The van der Waals surface area contributed by atoms with Crippen molar-refractivity contribution in [2.24, 2.45) is 0 Å². The van der Waals surface area contributed by atoms with Crippen molar-refractivity contribution in [1.29, 1.82) is 0 Å². The van der Waals surface area contributed by atoms with Crippen LogP contribution in [0.3, 0.4) is 0 Å². The van der Waals surface area contributed by atoms with Crippen molar-refractivity contribution in [1.82, 2.24) is 9.97 Å². The first kappa shape index (κ1) is 10.3. The smallest absolute Gasteiger partial charge is 0.215 e. The van der Waals surface area contributed by atoms with Gasteiger partial charge in [-0.05, 0) is 18.2 Å². The zero-order valence-corrected chi connectivity index (χ0v) is 8.75. The first-order valence-corrected chi connectivity index (χ1v) is 4.76. The van der Waals surface area contributed by atoms with Crippen molar-refractivity contribution in [2.75, 3.05) is 7.11 Å². The highest BCUT2D eigenvalue weighted by atomic mass is 16.5. The Hall–Kier alpha value is -2.23. The minimum Gasteiger partial charge on any atom is -0.494 e. The van der Waals surface area contributed by atoms with Gasteiger partial charge in [-0.15, -0.1) is 0 Å². The van der Waals surface area contributed by atoms with E-state index in [1.165, 1.54) is 13.3 Å². The minimum absolute atomic E-state index is 0.167. The molecular weight excluding hydrogens is 204 g/mol. The van der Waals surface area contributed by atoms with E-state index in [9.17, 15) is 4.79 Å². The van der Waals surface area contributed by atoms with Crippen LogP contribution in [0.25, 0.3) is 0 Å². The van der Waals surface area contributed by atoms with Crippen molar-refractivity contribution in [3.63, 3.8) is 0 Å². The average Bonchev–Trinajstić information content (AvgIpc) is 2.39. The monoisotopic (exact) mass is 214 g/mol. The van der Waals surface area contributed by atoms with Crippen LogP contribution < -0.4 is 4.74 Å². The van der Waals surface area contributed by atoms with Gasteiger partial charge in [0, 0.05) is 12.4 Å². The standard InChI is InChI=1S/C12H10N2O2/c1-16-11-8-13-7-5-9(11)12(15)10-4-2-3-6-14-10/h2-8H,1H3. The van der Waals surface area contributed by atoms with Gasteiger partial charge < -0.3 is 4.74 Å². The largest absolute Gasteiger partial charge is 0.494 e. The number of carbonyl (C=O) groups excluding carboxylic acids is 1. The molecule has 80 valence electrons. The van der Waals surface area contributed by atoms with Crippen LogP contribution in [0.2, 0.25) is 0 Å². The van der Waals surface area contributed by atoms with Crippen LogP contribution in [0.5, 0.6) is 5.75 Å². The lowest BCUT2D eigenvalue weighted by atomic mass is 10.1. The van der Waals surface area contributed by atoms with Gasteiger partial charge in [0.2, 0.25) is 5.78 Å². The Bertz CT molecular complexity index is 497. The summed E-state index contributed by atoms with van der Waals surface area (Å²) in [7, 11) is 1.51. The molecule has 0 aliphatic carbocycles. The maximum Gasteiger partial charge on any atom is 0.215 e. The van der Waals surface area contributed by atoms with Gasteiger partial charge in [-0.1, -0.05) is 6.07 Å². The van der Waals surface area contributed by atoms with E-state index in [1.807, 2.05) is 0 Å². The Labute approximate surface area is 92.9 Å². The molecule has 2 aromatic heterocycles. The predicted octanol–water partition coefficient (Wildman–Crippen LogP) is 1.72. The molecule has 0 atom stereocenters. The number of pyridine rings is 2. The lowest BCUT2D eigenvalue weighted by Gasteiger charge is -2.05. The van der Waals surface area contributed by atoms with Crippen molar-refractivity contribution in [3.8, 4) is 5.75 Å². The fourth-order valence-corrected chi connectivity index (χ4v) is 1.37. The molecule has 0 aromatic carbocycles. The third kappa shape index (κ3) is 1.91. The molecule has 0 fully saturated rings. The summed E-state index contributed by atoms with van der Waals surface area (Å²) < 4.78 is 5.08. The highest BCUT2D eigenvalue weighted by Gasteiger charge is 2.14. The summed E-state index contributed by atoms with van der Waals surface area (Å²) in [5, 5.41) is 0. The van der Waals surface area contributed by atoms with E-state index in [4.69, 9.17) is 4.74 Å². The van der Waals surface area contributed by atoms with E-state index in [-0.39, 0.29) is 5.78 Å². The van der Waals surface area contributed by atoms with Crippen LogP contribution in [0, 0.1) is 0 Å². The molecule has 4 nitrogen and oxygen atoms in total. The van der Waals surface area contributed by atoms with E-state index < -0.39 is 0 Å². The summed E-state index contributed by atoms with van der Waals surface area (Å²) >= 11 is 0. The average molecular weight is 214 g/mol. The molecule has 0 radical (unpaired) electrons. The molecule has 2 aromatic rings. The van der Waals surface area contributed by atoms with Crippen LogP contribution >= 0.6 is 0 Å². The second kappa shape index (κ2) is 4.53. The number of ether oxygens (including phenoxy) is 1. The molecule has 0 amide bonds. The molecule has 0 saturated carbocycles. The molecule has 0 saturated heterocycles. The molecule has 0 bridgehead atoms. The number of nitrogens with zero attached hydrogens (tertiary/aromatic N) is 2. The second-order valence-corrected chi connectivity index (χ2v) is 3.12. The number of hydrogen-bond acceptors (Lipinski definition) is 4. The number of aromatic nitrogens is 2. The van der Waals surface area contributed by atoms with Crippen LogP contribution in [0.4, 0.5) is 0 Å². The molecule has 0 unspecified atom stereocenters. The third-order valence-electron chi connectivity index (χ3n) is 2.15. The fraction of sp³-hybridized carbons (Fsp3) is 0.0833. The normalized spacial score (nSPS) is 9.81. The molecule has 0 aliphatic rings. The highest BCUT2D eigenvalue weighted by Crippen LogP contribution is 2.18. The maximum absolute atomic E-state index is 12.1.